The minimum atomic E-state index is -0.814. The Balaban J connectivity index is 1.57. The molecule has 0 saturated carbocycles. The number of β-amino-alcohol motifs (C(OH)–C–C–N with tert-alkyl or cyclic N) is 1. The lowest BCUT2D eigenvalue weighted by Gasteiger charge is -2.39. The van der Waals surface area contributed by atoms with Gasteiger partial charge in [-0.05, 0) is 49.2 Å². The van der Waals surface area contributed by atoms with Gasteiger partial charge in [0.15, 0.2) is 0 Å². The molecule has 0 bridgehead atoms. The van der Waals surface area contributed by atoms with Crippen LogP contribution in [0.3, 0.4) is 0 Å². The van der Waals surface area contributed by atoms with Gasteiger partial charge in [0.2, 0.25) is 0 Å². The Morgan fingerprint density at radius 2 is 1.78 bits per heavy atom. The molecule has 1 heterocycles. The first-order valence-electron chi connectivity index (χ1n) is 8.03. The van der Waals surface area contributed by atoms with E-state index in [0.29, 0.717) is 13.2 Å². The molecule has 1 saturated heterocycles. The van der Waals surface area contributed by atoms with Crippen LogP contribution in [0.1, 0.15) is 18.4 Å². The first-order chi connectivity index (χ1) is 11.1. The topological polar surface area (TPSA) is 52.9 Å². The predicted molar refractivity (Wildman–Crippen MR) is 89.5 cm³/mol. The summed E-state index contributed by atoms with van der Waals surface area (Å²) in [7, 11) is 0. The Hall–Kier alpha value is -2.04. The lowest BCUT2D eigenvalue weighted by molar-refractivity contribution is -0.0621. The number of para-hydroxylation sites is 1. The van der Waals surface area contributed by atoms with Crippen LogP contribution in [0.25, 0.3) is 0 Å². The molecule has 0 spiro atoms. The largest absolute Gasteiger partial charge is 0.508 e. The quantitative estimate of drug-likeness (QED) is 0.891. The second-order valence-corrected chi connectivity index (χ2v) is 6.31. The number of aromatic hydroxyl groups is 1. The fourth-order valence-corrected chi connectivity index (χ4v) is 3.05. The molecule has 2 aromatic carbocycles. The highest BCUT2D eigenvalue weighted by atomic mass is 16.5. The van der Waals surface area contributed by atoms with Gasteiger partial charge in [-0.3, -0.25) is 4.90 Å². The second-order valence-electron chi connectivity index (χ2n) is 6.31. The summed E-state index contributed by atoms with van der Waals surface area (Å²) in [5.41, 5.74) is 0.321. The maximum atomic E-state index is 10.8. The third-order valence-electron chi connectivity index (χ3n) is 4.23. The molecule has 1 atom stereocenters. The Morgan fingerprint density at radius 1 is 1.04 bits per heavy atom. The normalized spacial score (nSPS) is 22.0. The number of benzene rings is 2. The van der Waals surface area contributed by atoms with E-state index in [0.717, 1.165) is 37.2 Å². The van der Waals surface area contributed by atoms with Crippen molar-refractivity contribution in [2.75, 3.05) is 19.7 Å². The summed E-state index contributed by atoms with van der Waals surface area (Å²) < 4.78 is 5.75. The van der Waals surface area contributed by atoms with Crippen LogP contribution in [0.15, 0.2) is 54.6 Å². The van der Waals surface area contributed by atoms with Crippen LogP contribution in [0.5, 0.6) is 11.5 Å². The molecule has 2 aromatic rings. The number of phenolic OH excluding ortho intramolecular Hbond substituents is 1. The van der Waals surface area contributed by atoms with Crippen molar-refractivity contribution in [3.05, 3.63) is 60.2 Å². The molecule has 0 aliphatic carbocycles. The van der Waals surface area contributed by atoms with Crippen molar-refractivity contribution in [3.8, 4) is 11.5 Å². The highest BCUT2D eigenvalue weighted by Crippen LogP contribution is 2.24. The Bertz CT molecular complexity index is 614. The van der Waals surface area contributed by atoms with Crippen LogP contribution < -0.4 is 4.74 Å². The lowest BCUT2D eigenvalue weighted by Crippen LogP contribution is -2.51. The van der Waals surface area contributed by atoms with Crippen molar-refractivity contribution in [1.29, 1.82) is 0 Å². The van der Waals surface area contributed by atoms with E-state index in [1.165, 1.54) is 0 Å². The fraction of sp³-hybridized carbons (Fsp3) is 0.368. The molecule has 3 rings (SSSR count). The van der Waals surface area contributed by atoms with E-state index < -0.39 is 5.60 Å². The van der Waals surface area contributed by atoms with Crippen LogP contribution in [0.2, 0.25) is 0 Å². The molecular formula is C19H23NO3. The van der Waals surface area contributed by atoms with Gasteiger partial charge in [-0.2, -0.15) is 0 Å². The van der Waals surface area contributed by atoms with Gasteiger partial charge in [-0.1, -0.05) is 30.3 Å². The van der Waals surface area contributed by atoms with E-state index in [4.69, 9.17) is 4.74 Å². The molecule has 122 valence electrons. The zero-order valence-electron chi connectivity index (χ0n) is 13.2. The summed E-state index contributed by atoms with van der Waals surface area (Å²) in [6.45, 7) is 2.65. The van der Waals surface area contributed by atoms with E-state index in [1.54, 1.807) is 12.1 Å². The zero-order valence-corrected chi connectivity index (χ0v) is 13.2. The van der Waals surface area contributed by atoms with Crippen molar-refractivity contribution in [2.24, 2.45) is 0 Å². The van der Waals surface area contributed by atoms with Gasteiger partial charge in [0.05, 0.1) is 0 Å². The molecule has 1 aliphatic rings. The smallest absolute Gasteiger partial charge is 0.119 e. The van der Waals surface area contributed by atoms with Crippen molar-refractivity contribution in [3.63, 3.8) is 0 Å². The van der Waals surface area contributed by atoms with Crippen LogP contribution >= 0.6 is 0 Å². The fourth-order valence-electron chi connectivity index (χ4n) is 3.05. The molecule has 1 fully saturated rings. The van der Waals surface area contributed by atoms with Crippen molar-refractivity contribution >= 4 is 0 Å². The molecule has 4 nitrogen and oxygen atoms in total. The number of ether oxygens (including phenoxy) is 1. The maximum Gasteiger partial charge on any atom is 0.119 e. The van der Waals surface area contributed by atoms with Crippen LogP contribution in [0, 0.1) is 0 Å². The molecule has 0 radical (unpaired) electrons. The van der Waals surface area contributed by atoms with Gasteiger partial charge >= 0.3 is 0 Å². The Morgan fingerprint density at radius 3 is 2.52 bits per heavy atom. The lowest BCUT2D eigenvalue weighted by atomic mass is 9.93. The van der Waals surface area contributed by atoms with E-state index >= 15 is 0 Å². The summed E-state index contributed by atoms with van der Waals surface area (Å²) in [5.74, 6) is 1.07. The third kappa shape index (κ3) is 4.47. The van der Waals surface area contributed by atoms with E-state index in [1.807, 2.05) is 42.5 Å². The van der Waals surface area contributed by atoms with Crippen LogP contribution in [0.4, 0.5) is 0 Å². The number of rotatable bonds is 5. The minimum Gasteiger partial charge on any atom is -0.508 e. The molecule has 1 unspecified atom stereocenters. The highest BCUT2D eigenvalue weighted by Gasteiger charge is 2.34. The molecular weight excluding hydrogens is 290 g/mol. The van der Waals surface area contributed by atoms with Crippen molar-refractivity contribution < 1.29 is 14.9 Å². The van der Waals surface area contributed by atoms with Crippen molar-refractivity contribution in [1.82, 2.24) is 4.90 Å². The monoisotopic (exact) mass is 313 g/mol. The predicted octanol–water partition coefficient (Wildman–Crippen LogP) is 2.80. The third-order valence-corrected chi connectivity index (χ3v) is 4.23. The van der Waals surface area contributed by atoms with E-state index in [9.17, 15) is 10.2 Å². The van der Waals surface area contributed by atoms with Crippen LogP contribution in [-0.2, 0) is 6.54 Å². The first kappa shape index (κ1) is 15.8. The van der Waals surface area contributed by atoms with Gasteiger partial charge in [0.1, 0.15) is 23.7 Å². The number of hydrogen-bond acceptors (Lipinski definition) is 4. The SMILES string of the molecule is Oc1ccc(CN2CCCC(O)(COc3ccccc3)C2)cc1. The van der Waals surface area contributed by atoms with E-state index in [-0.39, 0.29) is 5.75 Å². The molecule has 2 N–H and O–H groups in total. The summed E-state index contributed by atoms with van der Waals surface area (Å²) in [5, 5.41) is 20.2. The molecule has 1 aliphatic heterocycles. The number of hydrogen-bond donors (Lipinski definition) is 2. The van der Waals surface area contributed by atoms with Gasteiger partial charge in [-0.15, -0.1) is 0 Å². The second kappa shape index (κ2) is 7.02. The van der Waals surface area contributed by atoms with Crippen molar-refractivity contribution in [2.45, 2.75) is 25.0 Å². The average Bonchev–Trinajstić information content (AvgIpc) is 2.56. The van der Waals surface area contributed by atoms with Gasteiger partial charge < -0.3 is 14.9 Å². The zero-order chi connectivity index (χ0) is 16.1. The maximum absolute atomic E-state index is 10.8. The Labute approximate surface area is 136 Å². The molecule has 0 amide bonds. The first-order valence-corrected chi connectivity index (χ1v) is 8.03. The number of aliphatic hydroxyl groups is 1. The standard InChI is InChI=1S/C19H23NO3/c21-17-9-7-16(8-10-17)13-20-12-4-11-19(22,14-20)15-23-18-5-2-1-3-6-18/h1-3,5-10,21-22H,4,11-15H2. The van der Waals surface area contributed by atoms with Crippen LogP contribution in [-0.4, -0.2) is 40.4 Å². The van der Waals surface area contributed by atoms with E-state index in [2.05, 4.69) is 4.90 Å². The van der Waals surface area contributed by atoms with Gasteiger partial charge in [0.25, 0.3) is 0 Å². The van der Waals surface area contributed by atoms with Gasteiger partial charge in [-0.25, -0.2) is 0 Å². The summed E-state index contributed by atoms with van der Waals surface area (Å²) in [4.78, 5) is 2.24. The number of piperidine rings is 1. The number of nitrogens with zero attached hydrogens (tertiary/aromatic N) is 1. The number of phenols is 1. The summed E-state index contributed by atoms with van der Waals surface area (Å²) in [6.07, 6.45) is 1.71. The summed E-state index contributed by atoms with van der Waals surface area (Å²) >= 11 is 0. The molecule has 0 aromatic heterocycles. The molecule has 23 heavy (non-hydrogen) atoms. The molecule has 4 heteroatoms. The average molecular weight is 313 g/mol. The number of likely N-dealkylation sites (tertiary alicyclic amines) is 1. The highest BCUT2D eigenvalue weighted by molar-refractivity contribution is 5.26. The summed E-state index contributed by atoms with van der Waals surface area (Å²) in [6, 6.07) is 16.8. The van der Waals surface area contributed by atoms with Gasteiger partial charge in [0, 0.05) is 13.1 Å². The Kier molecular flexibility index (Phi) is 4.84. The minimum absolute atomic E-state index is 0.278.